The molecule has 2 atom stereocenters. The van der Waals surface area contributed by atoms with Crippen LogP contribution in [0.15, 0.2) is 18.2 Å². The van der Waals surface area contributed by atoms with Gasteiger partial charge in [0, 0.05) is 11.1 Å². The Morgan fingerprint density at radius 2 is 2.00 bits per heavy atom. The van der Waals surface area contributed by atoms with Gasteiger partial charge in [0.05, 0.1) is 17.6 Å². The van der Waals surface area contributed by atoms with Gasteiger partial charge < -0.3 is 10.5 Å². The third-order valence-electron chi connectivity index (χ3n) is 3.22. The molecular weight excluding hydrogens is 296 g/mol. The smallest absolute Gasteiger partial charge is 0.253 e. The van der Waals surface area contributed by atoms with E-state index in [1.165, 1.54) is 12.1 Å². The lowest BCUT2D eigenvalue weighted by molar-refractivity contribution is -0.138. The minimum atomic E-state index is -0.949. The Morgan fingerprint density at radius 1 is 1.39 bits per heavy atom. The number of nitrogens with one attached hydrogen (secondary N) is 1. The molecule has 0 bridgehead atoms. The zero-order chi connectivity index (χ0) is 17.8. The number of primary amides is 1. The molecule has 0 heterocycles. The number of rotatable bonds is 5. The van der Waals surface area contributed by atoms with Crippen LogP contribution in [0.3, 0.4) is 0 Å². The Balaban J connectivity index is 3.45. The average Bonchev–Trinajstić information content (AvgIpc) is 2.44. The first-order valence-corrected chi connectivity index (χ1v) is 7.13. The highest BCUT2D eigenvalue weighted by molar-refractivity contribution is 5.97. The third kappa shape index (κ3) is 4.81. The van der Waals surface area contributed by atoms with Crippen LogP contribution in [0.4, 0.5) is 0 Å². The number of carbonyl (C=O) groups is 2. The fourth-order valence-electron chi connectivity index (χ4n) is 2.44. The molecule has 0 spiro atoms. The molecule has 0 unspecified atom stereocenters. The SMILES string of the molecule is C#Cc1ccc(C(N)=O)c([C@H](C(=O)NO)[C@@H](C)OC(C)(C)C)c1. The summed E-state index contributed by atoms with van der Waals surface area (Å²) in [4.78, 5) is 23.8. The minimum Gasteiger partial charge on any atom is -0.372 e. The molecular formula is C17H22N2O4. The van der Waals surface area contributed by atoms with Crippen molar-refractivity contribution < 1.29 is 19.5 Å². The minimum absolute atomic E-state index is 0.155. The first-order chi connectivity index (χ1) is 10.6. The van der Waals surface area contributed by atoms with E-state index in [0.717, 1.165) is 0 Å². The maximum absolute atomic E-state index is 12.2. The molecule has 0 aliphatic carbocycles. The summed E-state index contributed by atoms with van der Waals surface area (Å²) < 4.78 is 5.81. The van der Waals surface area contributed by atoms with E-state index in [1.807, 2.05) is 20.8 Å². The number of benzene rings is 1. The number of carbonyl (C=O) groups excluding carboxylic acids is 2. The average molecular weight is 318 g/mol. The van der Waals surface area contributed by atoms with Crippen molar-refractivity contribution in [3.8, 4) is 12.3 Å². The maximum atomic E-state index is 12.2. The van der Waals surface area contributed by atoms with Gasteiger partial charge in [0.25, 0.3) is 5.91 Å². The molecule has 0 fully saturated rings. The van der Waals surface area contributed by atoms with Crippen molar-refractivity contribution in [1.29, 1.82) is 0 Å². The number of ether oxygens (including phenoxy) is 1. The molecule has 2 amide bonds. The summed E-state index contributed by atoms with van der Waals surface area (Å²) in [6, 6.07) is 4.56. The summed E-state index contributed by atoms with van der Waals surface area (Å²) in [5.74, 6) is 0.0942. The molecule has 0 aliphatic heterocycles. The van der Waals surface area contributed by atoms with Crippen LogP contribution in [-0.2, 0) is 9.53 Å². The highest BCUT2D eigenvalue weighted by Gasteiger charge is 2.33. The highest BCUT2D eigenvalue weighted by Crippen LogP contribution is 2.29. The second kappa shape index (κ2) is 7.27. The Bertz CT molecular complexity index is 641. The second-order valence-corrected chi connectivity index (χ2v) is 6.20. The molecule has 1 aromatic carbocycles. The van der Waals surface area contributed by atoms with Gasteiger partial charge in [0.15, 0.2) is 0 Å². The molecule has 4 N–H and O–H groups in total. The quantitative estimate of drug-likeness (QED) is 0.435. The number of nitrogens with two attached hydrogens (primary N) is 1. The van der Waals surface area contributed by atoms with Crippen molar-refractivity contribution in [2.45, 2.75) is 45.3 Å². The normalized spacial score (nSPS) is 13.7. The van der Waals surface area contributed by atoms with Gasteiger partial charge in [0.1, 0.15) is 0 Å². The molecule has 1 rings (SSSR count). The van der Waals surface area contributed by atoms with E-state index in [2.05, 4.69) is 5.92 Å². The molecule has 0 saturated heterocycles. The van der Waals surface area contributed by atoms with Gasteiger partial charge in [-0.3, -0.25) is 14.8 Å². The van der Waals surface area contributed by atoms with Crippen LogP contribution in [0.25, 0.3) is 0 Å². The van der Waals surface area contributed by atoms with Crippen molar-refractivity contribution >= 4 is 11.8 Å². The lowest BCUT2D eigenvalue weighted by Gasteiger charge is -2.30. The number of terminal acetylenes is 1. The van der Waals surface area contributed by atoms with Crippen molar-refractivity contribution in [3.05, 3.63) is 34.9 Å². The largest absolute Gasteiger partial charge is 0.372 e. The maximum Gasteiger partial charge on any atom is 0.253 e. The van der Waals surface area contributed by atoms with Gasteiger partial charge in [-0.25, -0.2) is 5.48 Å². The number of hydrogen-bond acceptors (Lipinski definition) is 4. The third-order valence-corrected chi connectivity index (χ3v) is 3.22. The number of amides is 2. The van der Waals surface area contributed by atoms with Crippen molar-refractivity contribution in [2.75, 3.05) is 0 Å². The summed E-state index contributed by atoms with van der Waals surface area (Å²) in [5.41, 5.74) is 7.43. The second-order valence-electron chi connectivity index (χ2n) is 6.20. The molecule has 6 nitrogen and oxygen atoms in total. The Labute approximate surface area is 136 Å². The van der Waals surface area contributed by atoms with Gasteiger partial charge in [-0.15, -0.1) is 6.42 Å². The van der Waals surface area contributed by atoms with E-state index >= 15 is 0 Å². The Kier molecular flexibility index (Phi) is 5.91. The summed E-state index contributed by atoms with van der Waals surface area (Å²) in [7, 11) is 0. The summed E-state index contributed by atoms with van der Waals surface area (Å²) in [6.45, 7) is 7.19. The van der Waals surface area contributed by atoms with Crippen LogP contribution in [0.5, 0.6) is 0 Å². The molecule has 1 aromatic rings. The molecule has 6 heteroatoms. The van der Waals surface area contributed by atoms with E-state index in [1.54, 1.807) is 18.5 Å². The summed E-state index contributed by atoms with van der Waals surface area (Å²) in [6.07, 6.45) is 4.75. The topological polar surface area (TPSA) is 102 Å². The van der Waals surface area contributed by atoms with Crippen LogP contribution >= 0.6 is 0 Å². The Morgan fingerprint density at radius 3 is 2.43 bits per heavy atom. The van der Waals surface area contributed by atoms with Crippen molar-refractivity contribution in [1.82, 2.24) is 5.48 Å². The molecule has 124 valence electrons. The van der Waals surface area contributed by atoms with Crippen molar-refractivity contribution in [2.24, 2.45) is 5.73 Å². The predicted octanol–water partition coefficient (Wildman–Crippen LogP) is 1.56. The van der Waals surface area contributed by atoms with E-state index in [9.17, 15) is 9.59 Å². The monoisotopic (exact) mass is 318 g/mol. The molecule has 23 heavy (non-hydrogen) atoms. The van der Waals surface area contributed by atoms with Gasteiger partial charge in [-0.2, -0.15) is 0 Å². The van der Waals surface area contributed by atoms with Gasteiger partial charge in [-0.1, -0.05) is 5.92 Å². The lowest BCUT2D eigenvalue weighted by atomic mass is 9.87. The van der Waals surface area contributed by atoms with E-state index < -0.39 is 29.4 Å². The van der Waals surface area contributed by atoms with Crippen LogP contribution in [0.1, 0.15) is 55.1 Å². The molecule has 0 radical (unpaired) electrons. The van der Waals surface area contributed by atoms with E-state index in [4.69, 9.17) is 22.1 Å². The van der Waals surface area contributed by atoms with Crippen LogP contribution < -0.4 is 11.2 Å². The van der Waals surface area contributed by atoms with Crippen molar-refractivity contribution in [3.63, 3.8) is 0 Å². The zero-order valence-corrected chi connectivity index (χ0v) is 13.7. The lowest BCUT2D eigenvalue weighted by Crippen LogP contribution is -2.39. The first kappa shape index (κ1) is 18.7. The van der Waals surface area contributed by atoms with E-state index in [0.29, 0.717) is 11.1 Å². The number of hydrogen-bond donors (Lipinski definition) is 3. The predicted molar refractivity (Wildman–Crippen MR) is 85.9 cm³/mol. The van der Waals surface area contributed by atoms with Gasteiger partial charge in [-0.05, 0) is 51.5 Å². The molecule has 0 aromatic heterocycles. The van der Waals surface area contributed by atoms with Crippen LogP contribution in [0, 0.1) is 12.3 Å². The fraction of sp³-hybridized carbons (Fsp3) is 0.412. The van der Waals surface area contributed by atoms with E-state index in [-0.39, 0.29) is 5.56 Å². The standard InChI is InChI=1S/C17H22N2O4/c1-6-11-7-8-12(15(18)20)13(9-11)14(16(21)19-22)10(2)23-17(3,4)5/h1,7-10,14,22H,2-5H3,(H2,18,20)(H,19,21)/t10-,14-/m1/s1. The first-order valence-electron chi connectivity index (χ1n) is 7.13. The fourth-order valence-corrected chi connectivity index (χ4v) is 2.44. The number of hydroxylamine groups is 1. The zero-order valence-electron chi connectivity index (χ0n) is 13.7. The van der Waals surface area contributed by atoms with Gasteiger partial charge >= 0.3 is 0 Å². The van der Waals surface area contributed by atoms with Gasteiger partial charge in [0.2, 0.25) is 5.91 Å². The summed E-state index contributed by atoms with van der Waals surface area (Å²) in [5, 5.41) is 9.06. The highest BCUT2D eigenvalue weighted by atomic mass is 16.5. The van der Waals surface area contributed by atoms with Crippen LogP contribution in [-0.4, -0.2) is 28.7 Å². The molecule has 0 saturated carbocycles. The molecule has 0 aliphatic rings. The summed E-state index contributed by atoms with van der Waals surface area (Å²) >= 11 is 0. The van der Waals surface area contributed by atoms with Crippen LogP contribution in [0.2, 0.25) is 0 Å². The Hall–Kier alpha value is -2.36.